The Morgan fingerprint density at radius 3 is 2.15 bits per heavy atom. The number of esters is 1. The van der Waals surface area contributed by atoms with E-state index in [0.717, 1.165) is 16.7 Å². The van der Waals surface area contributed by atoms with Crippen molar-refractivity contribution in [2.75, 3.05) is 0 Å². The molecule has 3 atom stereocenters. The first-order valence-corrected chi connectivity index (χ1v) is 9.63. The van der Waals surface area contributed by atoms with Crippen molar-refractivity contribution < 1.29 is 14.3 Å². The van der Waals surface area contributed by atoms with Crippen LogP contribution < -0.4 is 0 Å². The predicted molar refractivity (Wildman–Crippen MR) is 107 cm³/mol. The molecule has 0 heterocycles. The van der Waals surface area contributed by atoms with Crippen molar-refractivity contribution in [1.82, 2.24) is 0 Å². The Kier molecular flexibility index (Phi) is 5.50. The average molecular weight is 364 g/mol. The monoisotopic (exact) mass is 364 g/mol. The van der Waals surface area contributed by atoms with Gasteiger partial charge in [0.25, 0.3) is 0 Å². The van der Waals surface area contributed by atoms with Crippen LogP contribution in [0.2, 0.25) is 0 Å². The molecule has 2 aromatic carbocycles. The van der Waals surface area contributed by atoms with E-state index in [-0.39, 0.29) is 29.5 Å². The Morgan fingerprint density at radius 2 is 1.56 bits per heavy atom. The summed E-state index contributed by atoms with van der Waals surface area (Å²) < 4.78 is 5.61. The summed E-state index contributed by atoms with van der Waals surface area (Å²) in [5.41, 5.74) is 2.45. The summed E-state index contributed by atoms with van der Waals surface area (Å²) in [5.74, 6) is -0.475. The van der Waals surface area contributed by atoms with Crippen LogP contribution in [-0.4, -0.2) is 17.4 Å². The fourth-order valence-electron chi connectivity index (χ4n) is 3.91. The molecule has 1 aliphatic carbocycles. The molecule has 1 saturated carbocycles. The molecule has 0 saturated heterocycles. The zero-order valence-electron chi connectivity index (χ0n) is 16.6. The first-order valence-electron chi connectivity index (χ1n) is 9.63. The van der Waals surface area contributed by atoms with Crippen molar-refractivity contribution in [3.8, 4) is 0 Å². The molecule has 3 nitrogen and oxygen atoms in total. The minimum atomic E-state index is -0.515. The Bertz CT molecular complexity index is 800. The number of hydrogen-bond acceptors (Lipinski definition) is 3. The fraction of sp³-hybridized carbons (Fsp3) is 0.417. The van der Waals surface area contributed by atoms with E-state index in [1.165, 1.54) is 0 Å². The molecule has 0 radical (unpaired) electrons. The van der Waals surface area contributed by atoms with E-state index in [1.54, 1.807) is 0 Å². The zero-order valence-corrected chi connectivity index (χ0v) is 16.6. The smallest absolute Gasteiger partial charge is 0.309 e. The van der Waals surface area contributed by atoms with Gasteiger partial charge in [-0.15, -0.1) is 0 Å². The molecule has 1 fully saturated rings. The van der Waals surface area contributed by atoms with Gasteiger partial charge in [-0.3, -0.25) is 9.59 Å². The predicted octanol–water partition coefficient (Wildman–Crippen LogP) is 5.33. The normalized spacial score (nSPS) is 22.4. The van der Waals surface area contributed by atoms with Crippen LogP contribution in [0.5, 0.6) is 0 Å². The maximum atomic E-state index is 13.2. The lowest BCUT2D eigenvalue weighted by atomic mass is 9.84. The summed E-state index contributed by atoms with van der Waals surface area (Å²) in [6.45, 7) is 7.64. The van der Waals surface area contributed by atoms with Gasteiger partial charge in [-0.2, -0.15) is 0 Å². The van der Waals surface area contributed by atoms with Gasteiger partial charge in [-0.25, -0.2) is 0 Å². The van der Waals surface area contributed by atoms with Gasteiger partial charge in [0.05, 0.1) is 5.92 Å². The molecule has 0 spiro atoms. The summed E-state index contributed by atoms with van der Waals surface area (Å²) in [6.07, 6.45) is 1.20. The Hall–Kier alpha value is -2.42. The molecule has 27 heavy (non-hydrogen) atoms. The topological polar surface area (TPSA) is 43.4 Å². The number of Topliss-reactive ketones (excluding diaryl/α,β-unsaturated/α-hetero) is 1. The number of carbonyl (C=O) groups excluding carboxylic acids is 2. The van der Waals surface area contributed by atoms with Crippen molar-refractivity contribution in [2.45, 2.75) is 52.1 Å². The first kappa shape index (κ1) is 19.3. The van der Waals surface area contributed by atoms with Gasteiger partial charge >= 0.3 is 5.97 Å². The van der Waals surface area contributed by atoms with Crippen LogP contribution in [-0.2, 0) is 9.53 Å². The third-order valence-electron chi connectivity index (χ3n) is 5.20. The van der Waals surface area contributed by atoms with Crippen molar-refractivity contribution >= 4 is 11.8 Å². The number of carbonyl (C=O) groups is 2. The maximum Gasteiger partial charge on any atom is 0.309 e. The summed E-state index contributed by atoms with van der Waals surface area (Å²) in [4.78, 5) is 25.9. The summed E-state index contributed by atoms with van der Waals surface area (Å²) >= 11 is 0. The van der Waals surface area contributed by atoms with Crippen LogP contribution >= 0.6 is 0 Å². The largest absolute Gasteiger partial charge is 0.460 e. The number of aryl methyl sites for hydroxylation is 1. The van der Waals surface area contributed by atoms with Gasteiger partial charge in [0.1, 0.15) is 5.60 Å². The van der Waals surface area contributed by atoms with Crippen LogP contribution in [0.1, 0.15) is 61.0 Å². The van der Waals surface area contributed by atoms with Crippen LogP contribution in [0.4, 0.5) is 0 Å². The quantitative estimate of drug-likeness (QED) is 0.544. The highest BCUT2D eigenvalue weighted by Gasteiger charge is 2.43. The van der Waals surface area contributed by atoms with Gasteiger partial charge in [0.15, 0.2) is 5.78 Å². The summed E-state index contributed by atoms with van der Waals surface area (Å²) in [6, 6.07) is 17.8. The lowest BCUT2D eigenvalue weighted by Gasteiger charge is -2.22. The number of ether oxygens (including phenoxy) is 1. The van der Waals surface area contributed by atoms with Crippen molar-refractivity contribution in [3.63, 3.8) is 0 Å². The van der Waals surface area contributed by atoms with E-state index < -0.39 is 5.60 Å². The molecular weight excluding hydrogens is 336 g/mol. The van der Waals surface area contributed by atoms with Gasteiger partial charge in [0, 0.05) is 11.5 Å². The molecule has 1 aliphatic rings. The van der Waals surface area contributed by atoms with Gasteiger partial charge in [0.2, 0.25) is 0 Å². The lowest BCUT2D eigenvalue weighted by Crippen LogP contribution is -2.28. The van der Waals surface area contributed by atoms with Crippen molar-refractivity contribution in [3.05, 3.63) is 71.3 Å². The minimum absolute atomic E-state index is 0.0394. The van der Waals surface area contributed by atoms with E-state index in [2.05, 4.69) is 12.1 Å². The van der Waals surface area contributed by atoms with Crippen LogP contribution in [0.15, 0.2) is 54.6 Å². The molecule has 3 heteroatoms. The van der Waals surface area contributed by atoms with Gasteiger partial charge in [-0.1, -0.05) is 60.2 Å². The highest BCUT2D eigenvalue weighted by molar-refractivity contribution is 5.99. The number of rotatable bonds is 4. The maximum absolute atomic E-state index is 13.2. The molecule has 3 rings (SSSR count). The summed E-state index contributed by atoms with van der Waals surface area (Å²) in [5, 5.41) is 0. The SMILES string of the molecule is Cc1ccc(C(=O)[C@H]2C[C@@H](C(=O)OC(C)(C)C)C[C@@H]2c2ccccc2)cc1. The van der Waals surface area contributed by atoms with E-state index in [1.807, 2.05) is 70.2 Å². The van der Waals surface area contributed by atoms with E-state index in [0.29, 0.717) is 12.8 Å². The van der Waals surface area contributed by atoms with E-state index >= 15 is 0 Å². The van der Waals surface area contributed by atoms with Crippen LogP contribution in [0, 0.1) is 18.8 Å². The highest BCUT2D eigenvalue weighted by atomic mass is 16.6. The zero-order chi connectivity index (χ0) is 19.6. The van der Waals surface area contributed by atoms with E-state index in [9.17, 15) is 9.59 Å². The second-order valence-corrected chi connectivity index (χ2v) is 8.56. The van der Waals surface area contributed by atoms with Crippen molar-refractivity contribution in [1.29, 1.82) is 0 Å². The van der Waals surface area contributed by atoms with Gasteiger partial charge in [-0.05, 0) is 52.0 Å². The second-order valence-electron chi connectivity index (χ2n) is 8.56. The number of hydrogen-bond donors (Lipinski definition) is 0. The molecule has 2 aromatic rings. The van der Waals surface area contributed by atoms with Crippen LogP contribution in [0.3, 0.4) is 0 Å². The van der Waals surface area contributed by atoms with Crippen molar-refractivity contribution in [2.24, 2.45) is 11.8 Å². The summed E-state index contributed by atoms with van der Waals surface area (Å²) in [7, 11) is 0. The van der Waals surface area contributed by atoms with Gasteiger partial charge < -0.3 is 4.74 Å². The second kappa shape index (κ2) is 7.67. The first-order chi connectivity index (χ1) is 12.7. The standard InChI is InChI=1S/C24H28O3/c1-16-10-12-18(13-11-16)22(25)21-15-19(23(26)27-24(2,3)4)14-20(21)17-8-6-5-7-9-17/h5-13,19-21H,14-15H2,1-4H3/t19-,20+,21-/m0/s1. The number of benzene rings is 2. The molecule has 0 N–H and O–H groups in total. The van der Waals surface area contributed by atoms with Crippen LogP contribution in [0.25, 0.3) is 0 Å². The highest BCUT2D eigenvalue weighted by Crippen LogP contribution is 2.45. The lowest BCUT2D eigenvalue weighted by molar-refractivity contribution is -0.159. The third-order valence-corrected chi connectivity index (χ3v) is 5.20. The molecule has 0 unspecified atom stereocenters. The molecule has 142 valence electrons. The Labute approximate surface area is 161 Å². The Morgan fingerprint density at radius 1 is 0.926 bits per heavy atom. The average Bonchev–Trinajstić information content (AvgIpc) is 3.07. The number of ketones is 1. The van der Waals surface area contributed by atoms with E-state index in [4.69, 9.17) is 4.74 Å². The molecule has 0 amide bonds. The molecular formula is C24H28O3. The molecule has 0 aromatic heterocycles. The Balaban J connectivity index is 1.87. The third kappa shape index (κ3) is 4.65. The molecule has 0 aliphatic heterocycles. The molecule has 0 bridgehead atoms. The fourth-order valence-corrected chi connectivity index (χ4v) is 3.91. The minimum Gasteiger partial charge on any atom is -0.460 e.